The smallest absolute Gasteiger partial charge is 0.136 e. The van der Waals surface area contributed by atoms with Crippen molar-refractivity contribution in [3.8, 4) is 0 Å². The predicted octanol–water partition coefficient (Wildman–Crippen LogP) is 5.82. The number of halogens is 2. The molecule has 0 N–H and O–H groups in total. The lowest BCUT2D eigenvalue weighted by Gasteiger charge is -2.26. The lowest BCUT2D eigenvalue weighted by Crippen LogP contribution is -2.29. The van der Waals surface area contributed by atoms with E-state index >= 15 is 0 Å². The molecule has 1 aliphatic carbocycles. The minimum absolute atomic E-state index is 0.256. The molecule has 2 aliphatic rings. The van der Waals surface area contributed by atoms with E-state index in [2.05, 4.69) is 29.2 Å². The van der Waals surface area contributed by atoms with Crippen molar-refractivity contribution in [1.29, 1.82) is 0 Å². The van der Waals surface area contributed by atoms with Crippen LogP contribution in [0.25, 0.3) is 0 Å². The van der Waals surface area contributed by atoms with Crippen molar-refractivity contribution in [2.45, 2.75) is 41.7 Å². The molecule has 3 rings (SSSR count). The summed E-state index contributed by atoms with van der Waals surface area (Å²) in [7, 11) is 0. The molecule has 1 saturated heterocycles. The van der Waals surface area contributed by atoms with E-state index in [4.69, 9.17) is 35.4 Å². The normalized spacial score (nSPS) is 25.4. The zero-order valence-corrected chi connectivity index (χ0v) is 15.7. The van der Waals surface area contributed by atoms with Gasteiger partial charge in [-0.15, -0.1) is 23.2 Å². The van der Waals surface area contributed by atoms with Gasteiger partial charge in [0, 0.05) is 24.3 Å². The van der Waals surface area contributed by atoms with Gasteiger partial charge in [-0.1, -0.05) is 67.2 Å². The fourth-order valence-corrected chi connectivity index (χ4v) is 5.59. The van der Waals surface area contributed by atoms with Crippen LogP contribution in [0.2, 0.25) is 0 Å². The number of thiocarbonyl (C=S) groups is 1. The Balaban J connectivity index is 1.71. The number of alkyl halides is 2. The number of hydrogen-bond acceptors (Lipinski definition) is 2. The fraction of sp³-hybridized carbons (Fsp3) is 0.588. The van der Waals surface area contributed by atoms with E-state index in [1.165, 1.54) is 31.2 Å². The third kappa shape index (κ3) is 4.11. The Bertz CT molecular complexity index is 513. The quantitative estimate of drug-likeness (QED) is 0.485. The average Bonchev–Trinajstić information content (AvgIpc) is 3.22. The zero-order valence-electron chi connectivity index (χ0n) is 12.5. The van der Waals surface area contributed by atoms with Crippen LogP contribution in [0, 0.1) is 5.92 Å². The Morgan fingerprint density at radius 2 is 1.73 bits per heavy atom. The molecule has 1 aliphatic heterocycles. The summed E-state index contributed by atoms with van der Waals surface area (Å²) in [6.45, 7) is 2.18. The molecule has 1 aromatic carbocycles. The van der Waals surface area contributed by atoms with E-state index in [1.807, 2.05) is 6.07 Å². The van der Waals surface area contributed by atoms with Crippen molar-refractivity contribution < 1.29 is 0 Å². The molecule has 0 bridgehead atoms. The number of thioether (sulfide) groups is 1. The van der Waals surface area contributed by atoms with Gasteiger partial charge in [0.25, 0.3) is 0 Å². The highest BCUT2D eigenvalue weighted by Gasteiger charge is 2.56. The lowest BCUT2D eigenvalue weighted by atomic mass is 10.1. The summed E-state index contributed by atoms with van der Waals surface area (Å²) in [5.41, 5.74) is 1.28. The Kier molecular flexibility index (Phi) is 5.60. The third-order valence-corrected chi connectivity index (χ3v) is 7.19. The molecule has 1 saturated carbocycles. The molecule has 1 nitrogen and oxygen atoms in total. The molecule has 120 valence electrons. The Labute approximate surface area is 152 Å². The summed E-state index contributed by atoms with van der Waals surface area (Å²) in [5, 5.41) is 0.256. The summed E-state index contributed by atoms with van der Waals surface area (Å²) in [6.07, 6.45) is 5.98. The van der Waals surface area contributed by atoms with Crippen molar-refractivity contribution in [3.63, 3.8) is 0 Å². The second-order valence-electron chi connectivity index (χ2n) is 6.19. The van der Waals surface area contributed by atoms with E-state index in [1.54, 1.807) is 11.8 Å². The van der Waals surface area contributed by atoms with Crippen LogP contribution in [0.3, 0.4) is 0 Å². The minimum Gasteiger partial charge on any atom is -0.358 e. The third-order valence-electron chi connectivity index (χ3n) is 4.46. The number of nitrogens with zero attached hydrogens (tertiary/aromatic N) is 1. The van der Waals surface area contributed by atoms with Crippen molar-refractivity contribution in [2.24, 2.45) is 5.92 Å². The maximum Gasteiger partial charge on any atom is 0.136 e. The number of likely N-dealkylation sites (tertiary alicyclic amines) is 1. The highest BCUT2D eigenvalue weighted by molar-refractivity contribution is 8.23. The number of rotatable bonds is 3. The SMILES string of the molecule is S=C(SC(c1ccccc1)C1CC1(Cl)Cl)N1CCCCCC1. The van der Waals surface area contributed by atoms with Gasteiger partial charge >= 0.3 is 0 Å². The summed E-state index contributed by atoms with van der Waals surface area (Å²) < 4.78 is 0.425. The van der Waals surface area contributed by atoms with Crippen molar-refractivity contribution in [1.82, 2.24) is 4.90 Å². The van der Waals surface area contributed by atoms with Gasteiger partial charge in [-0.25, -0.2) is 0 Å². The van der Waals surface area contributed by atoms with E-state index in [9.17, 15) is 0 Å². The first-order valence-electron chi connectivity index (χ1n) is 7.96. The first-order valence-corrected chi connectivity index (χ1v) is 10.0. The highest BCUT2D eigenvalue weighted by atomic mass is 35.5. The van der Waals surface area contributed by atoms with Crippen LogP contribution in [-0.4, -0.2) is 26.6 Å². The van der Waals surface area contributed by atoms with Gasteiger partial charge < -0.3 is 4.90 Å². The molecule has 0 aromatic heterocycles. The van der Waals surface area contributed by atoms with E-state index in [-0.39, 0.29) is 11.2 Å². The van der Waals surface area contributed by atoms with Gasteiger partial charge in [0.1, 0.15) is 8.65 Å². The van der Waals surface area contributed by atoms with Crippen molar-refractivity contribution in [2.75, 3.05) is 13.1 Å². The predicted molar refractivity (Wildman–Crippen MR) is 102 cm³/mol. The van der Waals surface area contributed by atoms with Crippen LogP contribution >= 0.6 is 47.2 Å². The maximum absolute atomic E-state index is 6.34. The van der Waals surface area contributed by atoms with E-state index < -0.39 is 4.33 Å². The average molecular weight is 374 g/mol. The van der Waals surface area contributed by atoms with Crippen LogP contribution in [-0.2, 0) is 0 Å². The minimum atomic E-state index is -0.581. The van der Waals surface area contributed by atoms with Crippen LogP contribution in [0.4, 0.5) is 0 Å². The van der Waals surface area contributed by atoms with Crippen LogP contribution in [0.5, 0.6) is 0 Å². The molecule has 1 aromatic rings. The molecule has 22 heavy (non-hydrogen) atoms. The summed E-state index contributed by atoms with van der Waals surface area (Å²) in [4.78, 5) is 2.37. The molecule has 2 unspecified atom stereocenters. The molecule has 0 radical (unpaired) electrons. The van der Waals surface area contributed by atoms with Crippen molar-refractivity contribution in [3.05, 3.63) is 35.9 Å². The van der Waals surface area contributed by atoms with Crippen LogP contribution in [0.15, 0.2) is 30.3 Å². The molecular formula is C17H21Cl2NS2. The van der Waals surface area contributed by atoms with Crippen LogP contribution in [0.1, 0.15) is 42.9 Å². The Morgan fingerprint density at radius 3 is 2.27 bits per heavy atom. The van der Waals surface area contributed by atoms with Gasteiger partial charge in [-0.05, 0) is 24.8 Å². The maximum atomic E-state index is 6.34. The summed E-state index contributed by atoms with van der Waals surface area (Å²) in [5.74, 6) is 0.285. The molecular weight excluding hydrogens is 353 g/mol. The van der Waals surface area contributed by atoms with Crippen molar-refractivity contribution >= 4 is 51.5 Å². The standard InChI is InChI=1S/C17H21Cl2NS2/c18-17(19)12-14(17)15(13-8-4-3-5-9-13)22-16(21)20-10-6-1-2-7-11-20/h3-5,8-9,14-15H,1-2,6-7,10-12H2. The molecule has 2 fully saturated rings. The zero-order chi connectivity index (χ0) is 15.6. The monoisotopic (exact) mass is 373 g/mol. The molecule has 0 spiro atoms. The number of benzene rings is 1. The van der Waals surface area contributed by atoms with Crippen LogP contribution < -0.4 is 0 Å². The topological polar surface area (TPSA) is 3.24 Å². The van der Waals surface area contributed by atoms with Gasteiger partial charge in [0.2, 0.25) is 0 Å². The second kappa shape index (κ2) is 7.29. The first kappa shape index (κ1) is 16.9. The van der Waals surface area contributed by atoms with Gasteiger partial charge in [0.15, 0.2) is 0 Å². The summed E-state index contributed by atoms with van der Waals surface area (Å²) in [6, 6.07) is 10.5. The second-order valence-corrected chi connectivity index (χ2v) is 9.51. The summed E-state index contributed by atoms with van der Waals surface area (Å²) >= 11 is 20.2. The Morgan fingerprint density at radius 1 is 1.14 bits per heavy atom. The fourth-order valence-electron chi connectivity index (χ4n) is 3.02. The first-order chi connectivity index (χ1) is 10.6. The van der Waals surface area contributed by atoms with Gasteiger partial charge in [-0.2, -0.15) is 0 Å². The largest absolute Gasteiger partial charge is 0.358 e. The number of hydrogen-bond donors (Lipinski definition) is 0. The molecule has 5 heteroatoms. The van der Waals surface area contributed by atoms with E-state index in [0.29, 0.717) is 0 Å². The highest BCUT2D eigenvalue weighted by Crippen LogP contribution is 2.62. The van der Waals surface area contributed by atoms with E-state index in [0.717, 1.165) is 23.8 Å². The molecule has 2 atom stereocenters. The van der Waals surface area contributed by atoms with Gasteiger partial charge in [0.05, 0.1) is 0 Å². The Hall–Kier alpha value is 0.0400. The molecule has 1 heterocycles. The lowest BCUT2D eigenvalue weighted by molar-refractivity contribution is 0.449. The van der Waals surface area contributed by atoms with Gasteiger partial charge in [-0.3, -0.25) is 0 Å². The molecule has 0 amide bonds.